The van der Waals surface area contributed by atoms with Crippen LogP contribution >= 0.6 is 0 Å². The Bertz CT molecular complexity index is 1480. The Morgan fingerprint density at radius 1 is 1.25 bits per heavy atom. The number of carbonyl (C=O) groups excluding carboxylic acids is 1. The number of likely N-dealkylation sites (tertiary alicyclic amines) is 1. The van der Waals surface area contributed by atoms with Gasteiger partial charge in [-0.25, -0.2) is 4.98 Å². The number of hydrogen-bond donors (Lipinski definition) is 1. The van der Waals surface area contributed by atoms with Crippen molar-refractivity contribution in [2.45, 2.75) is 12.6 Å². The van der Waals surface area contributed by atoms with Gasteiger partial charge in [0.15, 0.2) is 0 Å². The molecule has 184 valence electrons. The molecule has 1 aliphatic heterocycles. The van der Waals surface area contributed by atoms with Crippen LogP contribution in [0.4, 0.5) is 11.6 Å². The first kappa shape index (κ1) is 23.4. The molecule has 1 N–H and O–H groups in total. The number of anilines is 2. The van der Waals surface area contributed by atoms with E-state index in [9.17, 15) is 9.59 Å². The highest BCUT2D eigenvalue weighted by atomic mass is 16.5. The predicted octanol–water partition coefficient (Wildman–Crippen LogP) is 2.60. The number of benzene rings is 1. The van der Waals surface area contributed by atoms with E-state index in [0.717, 1.165) is 16.6 Å². The third-order valence-electron chi connectivity index (χ3n) is 6.46. The van der Waals surface area contributed by atoms with Crippen molar-refractivity contribution in [1.82, 2.24) is 29.2 Å². The van der Waals surface area contributed by atoms with E-state index >= 15 is 0 Å². The standard InChI is InChI=1S/C26H27N7O3/c1-4-23(34)32-13-19(22(16-32)36-3)14-33-24-18(10-21(25(33)35)17-8-6-5-7-9-17)11-27-26(30-24)29-20-12-28-31(2)15-20/h4-12,15,19,22H,1,13-14,16H2,2-3H3,(H,27,29,30)/t19-,22+/m0/s1. The van der Waals surface area contributed by atoms with Crippen molar-refractivity contribution in [2.75, 3.05) is 25.5 Å². The number of hydrogen-bond acceptors (Lipinski definition) is 7. The van der Waals surface area contributed by atoms with Crippen LogP contribution in [0.25, 0.3) is 22.2 Å². The van der Waals surface area contributed by atoms with Gasteiger partial charge in [-0.15, -0.1) is 0 Å². The molecule has 1 fully saturated rings. The zero-order chi connectivity index (χ0) is 25.2. The Hall–Kier alpha value is -4.31. The summed E-state index contributed by atoms with van der Waals surface area (Å²) in [6.45, 7) is 4.83. The number of fused-ring (bicyclic) bond motifs is 1. The van der Waals surface area contributed by atoms with E-state index in [1.165, 1.54) is 6.08 Å². The van der Waals surface area contributed by atoms with Crippen molar-refractivity contribution < 1.29 is 9.53 Å². The minimum atomic E-state index is -0.217. The molecule has 4 aromatic rings. The molecule has 0 aliphatic carbocycles. The molecule has 36 heavy (non-hydrogen) atoms. The maximum absolute atomic E-state index is 13.8. The monoisotopic (exact) mass is 485 g/mol. The highest BCUT2D eigenvalue weighted by molar-refractivity contribution is 5.87. The van der Waals surface area contributed by atoms with Gasteiger partial charge >= 0.3 is 0 Å². The number of nitrogens with zero attached hydrogens (tertiary/aromatic N) is 6. The molecular formula is C26H27N7O3. The quantitative estimate of drug-likeness (QED) is 0.401. The lowest BCUT2D eigenvalue weighted by atomic mass is 10.0. The van der Waals surface area contributed by atoms with E-state index in [0.29, 0.717) is 36.8 Å². The molecule has 0 spiro atoms. The van der Waals surface area contributed by atoms with Crippen molar-refractivity contribution in [3.8, 4) is 11.1 Å². The van der Waals surface area contributed by atoms with Crippen molar-refractivity contribution in [1.29, 1.82) is 0 Å². The average molecular weight is 486 g/mol. The molecule has 1 amide bonds. The summed E-state index contributed by atoms with van der Waals surface area (Å²) < 4.78 is 9.04. The fourth-order valence-electron chi connectivity index (χ4n) is 4.66. The van der Waals surface area contributed by atoms with Gasteiger partial charge in [-0.05, 0) is 17.7 Å². The third-order valence-corrected chi connectivity index (χ3v) is 6.46. The second-order valence-corrected chi connectivity index (χ2v) is 8.82. The van der Waals surface area contributed by atoms with Crippen LogP contribution in [-0.2, 0) is 23.1 Å². The van der Waals surface area contributed by atoms with Crippen LogP contribution in [0, 0.1) is 5.92 Å². The normalized spacial score (nSPS) is 17.4. The number of amides is 1. The maximum Gasteiger partial charge on any atom is 0.260 e. The summed E-state index contributed by atoms with van der Waals surface area (Å²) in [5, 5.41) is 8.03. The third kappa shape index (κ3) is 4.50. The number of aryl methyl sites for hydroxylation is 1. The smallest absolute Gasteiger partial charge is 0.260 e. The molecule has 2 atom stereocenters. The molecule has 0 radical (unpaired) electrons. The molecule has 1 aromatic carbocycles. The predicted molar refractivity (Wildman–Crippen MR) is 137 cm³/mol. The highest BCUT2D eigenvalue weighted by Gasteiger charge is 2.35. The summed E-state index contributed by atoms with van der Waals surface area (Å²) in [5.74, 6) is 0.102. The number of aromatic nitrogens is 5. The summed E-state index contributed by atoms with van der Waals surface area (Å²) in [6.07, 6.45) is 6.28. The van der Waals surface area contributed by atoms with Gasteiger partial charge in [0, 0.05) is 63.1 Å². The molecule has 0 bridgehead atoms. The van der Waals surface area contributed by atoms with Crippen LogP contribution in [0.1, 0.15) is 0 Å². The molecule has 3 aromatic heterocycles. The Morgan fingerprint density at radius 2 is 2.06 bits per heavy atom. The summed E-state index contributed by atoms with van der Waals surface area (Å²) in [4.78, 5) is 37.0. The maximum atomic E-state index is 13.8. The Balaban J connectivity index is 1.60. The van der Waals surface area contributed by atoms with Gasteiger partial charge in [-0.2, -0.15) is 10.1 Å². The number of carbonyl (C=O) groups is 1. The fraction of sp³-hybridized carbons (Fsp3) is 0.269. The van der Waals surface area contributed by atoms with Crippen LogP contribution in [-0.4, -0.2) is 61.4 Å². The van der Waals surface area contributed by atoms with Crippen molar-refractivity contribution in [3.05, 3.63) is 78.0 Å². The van der Waals surface area contributed by atoms with Gasteiger partial charge in [0.2, 0.25) is 11.9 Å². The molecule has 10 nitrogen and oxygen atoms in total. The van der Waals surface area contributed by atoms with Crippen molar-refractivity contribution >= 4 is 28.6 Å². The molecule has 5 rings (SSSR count). The van der Waals surface area contributed by atoms with E-state index in [4.69, 9.17) is 9.72 Å². The van der Waals surface area contributed by atoms with Crippen molar-refractivity contribution in [3.63, 3.8) is 0 Å². The number of nitrogens with one attached hydrogen (secondary N) is 1. The summed E-state index contributed by atoms with van der Waals surface area (Å²) in [5.41, 5.74) is 2.45. The minimum Gasteiger partial charge on any atom is -0.379 e. The van der Waals surface area contributed by atoms with Crippen LogP contribution in [0.2, 0.25) is 0 Å². The van der Waals surface area contributed by atoms with Gasteiger partial charge in [-0.3, -0.25) is 18.8 Å². The summed E-state index contributed by atoms with van der Waals surface area (Å²) in [7, 11) is 3.45. The minimum absolute atomic E-state index is 0.101. The zero-order valence-electron chi connectivity index (χ0n) is 20.2. The van der Waals surface area contributed by atoms with Crippen LogP contribution in [0.15, 0.2) is 72.4 Å². The molecule has 1 saturated heterocycles. The average Bonchev–Trinajstić information content (AvgIpc) is 3.51. The second kappa shape index (κ2) is 9.74. The summed E-state index contributed by atoms with van der Waals surface area (Å²) in [6, 6.07) is 11.4. The topological polar surface area (TPSA) is 107 Å². The first-order valence-corrected chi connectivity index (χ1v) is 11.6. The van der Waals surface area contributed by atoms with Gasteiger partial charge in [0.05, 0.1) is 18.0 Å². The number of ether oxygens (including phenoxy) is 1. The van der Waals surface area contributed by atoms with Crippen LogP contribution in [0.3, 0.4) is 0 Å². The van der Waals surface area contributed by atoms with Gasteiger partial charge < -0.3 is 15.0 Å². The molecular weight excluding hydrogens is 458 g/mol. The first-order valence-electron chi connectivity index (χ1n) is 11.6. The molecule has 0 saturated carbocycles. The van der Waals surface area contributed by atoms with E-state index in [-0.39, 0.29) is 23.5 Å². The van der Waals surface area contributed by atoms with E-state index < -0.39 is 0 Å². The van der Waals surface area contributed by atoms with Gasteiger partial charge in [0.1, 0.15) is 5.65 Å². The Morgan fingerprint density at radius 3 is 2.75 bits per heavy atom. The van der Waals surface area contributed by atoms with E-state index in [1.807, 2.05) is 49.6 Å². The Labute approximate surface area is 207 Å². The molecule has 1 aliphatic rings. The SMILES string of the molecule is C=CC(=O)N1C[C@@H](Cn2c(=O)c(-c3ccccc3)cc3cnc(Nc4cnn(C)c4)nc32)[C@H](OC)C1. The van der Waals surface area contributed by atoms with E-state index in [2.05, 4.69) is 22.0 Å². The molecule has 10 heteroatoms. The number of methoxy groups -OCH3 is 1. The van der Waals surface area contributed by atoms with Gasteiger partial charge in [0.25, 0.3) is 5.56 Å². The lowest BCUT2D eigenvalue weighted by Crippen LogP contribution is -2.32. The van der Waals surface area contributed by atoms with Gasteiger partial charge in [-0.1, -0.05) is 36.9 Å². The largest absolute Gasteiger partial charge is 0.379 e. The Kier molecular flexibility index (Phi) is 6.34. The second-order valence-electron chi connectivity index (χ2n) is 8.82. The van der Waals surface area contributed by atoms with Crippen molar-refractivity contribution in [2.24, 2.45) is 13.0 Å². The lowest BCUT2D eigenvalue weighted by molar-refractivity contribution is -0.125. The number of rotatable bonds is 7. The molecule has 0 unspecified atom stereocenters. The van der Waals surface area contributed by atoms with Crippen LogP contribution in [0.5, 0.6) is 0 Å². The summed E-state index contributed by atoms with van der Waals surface area (Å²) >= 11 is 0. The first-order chi connectivity index (χ1) is 17.5. The van der Waals surface area contributed by atoms with E-state index in [1.54, 1.807) is 33.7 Å². The van der Waals surface area contributed by atoms with Crippen LogP contribution < -0.4 is 10.9 Å². The number of pyridine rings is 1. The fourth-order valence-corrected chi connectivity index (χ4v) is 4.66. The highest BCUT2D eigenvalue weighted by Crippen LogP contribution is 2.26. The molecule has 4 heterocycles. The lowest BCUT2D eigenvalue weighted by Gasteiger charge is -2.20. The zero-order valence-corrected chi connectivity index (χ0v) is 20.2.